The van der Waals surface area contributed by atoms with E-state index in [4.69, 9.17) is 0 Å². The van der Waals surface area contributed by atoms with Crippen LogP contribution in [-0.4, -0.2) is 17.4 Å². The Morgan fingerprint density at radius 3 is 2.95 bits per heavy atom. The molecule has 98 valence electrons. The lowest BCUT2D eigenvalue weighted by atomic mass is 9.98. The number of fused-ring (bicyclic) bond motifs is 1. The second-order valence-electron chi connectivity index (χ2n) is 5.27. The molecule has 0 aliphatic rings. The van der Waals surface area contributed by atoms with Crippen molar-refractivity contribution in [3.05, 3.63) is 29.3 Å². The molecule has 0 saturated heterocycles. The van der Waals surface area contributed by atoms with Crippen LogP contribution in [0, 0.1) is 17.3 Å². The Morgan fingerprint density at radius 1 is 1.42 bits per heavy atom. The molecule has 0 saturated carbocycles. The van der Waals surface area contributed by atoms with Gasteiger partial charge in [0.1, 0.15) is 0 Å². The third-order valence-corrected chi connectivity index (χ3v) is 3.19. The average molecular weight is 272 g/mol. The van der Waals surface area contributed by atoms with Crippen molar-refractivity contribution in [2.45, 2.75) is 20.8 Å². The predicted molar refractivity (Wildman–Crippen MR) is 79.2 cm³/mol. The standard InChI is InChI=1S/C15H16N2OS/c1-15(2,3)7-4-8-16-14(18)11-5-6-12-13(9-11)19-10-17-12/h5-6,9-10H,8H2,1-3H3,(H,16,18). The average Bonchev–Trinajstić information content (AvgIpc) is 2.80. The van der Waals surface area contributed by atoms with Gasteiger partial charge in [-0.15, -0.1) is 11.3 Å². The lowest BCUT2D eigenvalue weighted by molar-refractivity contribution is 0.0959. The van der Waals surface area contributed by atoms with Crippen LogP contribution in [0.5, 0.6) is 0 Å². The monoisotopic (exact) mass is 272 g/mol. The maximum absolute atomic E-state index is 11.9. The summed E-state index contributed by atoms with van der Waals surface area (Å²) in [6.07, 6.45) is 0. The number of thiazole rings is 1. The summed E-state index contributed by atoms with van der Waals surface area (Å²) in [6, 6.07) is 5.51. The molecule has 0 fully saturated rings. The maximum atomic E-state index is 11.9. The van der Waals surface area contributed by atoms with Gasteiger partial charge in [0.05, 0.1) is 22.3 Å². The van der Waals surface area contributed by atoms with Crippen molar-refractivity contribution >= 4 is 27.5 Å². The molecule has 0 spiro atoms. The van der Waals surface area contributed by atoms with Crippen LogP contribution >= 0.6 is 11.3 Å². The molecule has 4 heteroatoms. The summed E-state index contributed by atoms with van der Waals surface area (Å²) in [5.41, 5.74) is 3.32. The summed E-state index contributed by atoms with van der Waals surface area (Å²) in [7, 11) is 0. The fourth-order valence-electron chi connectivity index (χ4n) is 1.53. The van der Waals surface area contributed by atoms with E-state index < -0.39 is 0 Å². The number of hydrogen-bond donors (Lipinski definition) is 1. The van der Waals surface area contributed by atoms with Gasteiger partial charge < -0.3 is 5.32 Å². The van der Waals surface area contributed by atoms with Crippen LogP contribution in [0.1, 0.15) is 31.1 Å². The van der Waals surface area contributed by atoms with Gasteiger partial charge in [-0.1, -0.05) is 11.8 Å². The zero-order valence-corrected chi connectivity index (χ0v) is 12.1. The highest BCUT2D eigenvalue weighted by Crippen LogP contribution is 2.18. The first kappa shape index (κ1) is 13.6. The number of carbonyl (C=O) groups is 1. The van der Waals surface area contributed by atoms with Crippen molar-refractivity contribution in [2.75, 3.05) is 6.54 Å². The zero-order chi connectivity index (χ0) is 13.9. The fourth-order valence-corrected chi connectivity index (χ4v) is 2.25. The summed E-state index contributed by atoms with van der Waals surface area (Å²) >= 11 is 1.53. The minimum atomic E-state index is -0.0986. The molecule has 1 aromatic heterocycles. The first-order valence-electron chi connectivity index (χ1n) is 6.07. The molecular formula is C15H16N2OS. The Bertz CT molecular complexity index is 656. The number of aromatic nitrogens is 1. The van der Waals surface area contributed by atoms with E-state index in [2.05, 4.69) is 22.1 Å². The minimum Gasteiger partial charge on any atom is -0.341 e. The van der Waals surface area contributed by atoms with E-state index >= 15 is 0 Å². The van der Waals surface area contributed by atoms with Gasteiger partial charge in [-0.25, -0.2) is 4.98 Å². The number of nitrogens with one attached hydrogen (secondary N) is 1. The molecule has 1 amide bonds. The largest absolute Gasteiger partial charge is 0.341 e. The molecule has 0 aliphatic carbocycles. The molecular weight excluding hydrogens is 256 g/mol. The van der Waals surface area contributed by atoms with Crippen LogP contribution in [0.25, 0.3) is 10.2 Å². The molecule has 1 aromatic carbocycles. The van der Waals surface area contributed by atoms with E-state index in [0.29, 0.717) is 12.1 Å². The third kappa shape index (κ3) is 3.80. The van der Waals surface area contributed by atoms with Crippen molar-refractivity contribution in [1.29, 1.82) is 0 Å². The van der Waals surface area contributed by atoms with Gasteiger partial charge in [0, 0.05) is 11.0 Å². The second kappa shape index (κ2) is 5.41. The van der Waals surface area contributed by atoms with E-state index in [1.807, 2.05) is 32.9 Å². The van der Waals surface area contributed by atoms with Crippen molar-refractivity contribution in [2.24, 2.45) is 5.41 Å². The number of nitrogens with zero attached hydrogens (tertiary/aromatic N) is 1. The SMILES string of the molecule is CC(C)(C)C#CCNC(=O)c1ccc2ncsc2c1. The van der Waals surface area contributed by atoms with Crippen LogP contribution in [0.2, 0.25) is 0 Å². The van der Waals surface area contributed by atoms with Gasteiger partial charge in [0.2, 0.25) is 0 Å². The number of benzene rings is 1. The quantitative estimate of drug-likeness (QED) is 0.854. The van der Waals surface area contributed by atoms with Crippen LogP contribution in [0.4, 0.5) is 0 Å². The van der Waals surface area contributed by atoms with Crippen molar-refractivity contribution in [1.82, 2.24) is 10.3 Å². The normalized spacial score (nSPS) is 10.9. The molecule has 0 unspecified atom stereocenters. The van der Waals surface area contributed by atoms with E-state index in [1.54, 1.807) is 11.6 Å². The van der Waals surface area contributed by atoms with Gasteiger partial charge in [-0.05, 0) is 39.0 Å². The Balaban J connectivity index is 2.01. The summed E-state index contributed by atoms with van der Waals surface area (Å²) in [4.78, 5) is 16.1. The topological polar surface area (TPSA) is 42.0 Å². The minimum absolute atomic E-state index is 0.0354. The Kier molecular flexibility index (Phi) is 3.87. The lowest BCUT2D eigenvalue weighted by Gasteiger charge is -2.07. The van der Waals surface area contributed by atoms with Gasteiger partial charge in [0.15, 0.2) is 0 Å². The smallest absolute Gasteiger partial charge is 0.252 e. The molecule has 1 N–H and O–H groups in total. The Hall–Kier alpha value is -1.86. The second-order valence-corrected chi connectivity index (χ2v) is 6.16. The number of amides is 1. The Morgan fingerprint density at radius 2 is 2.21 bits per heavy atom. The van der Waals surface area contributed by atoms with Crippen LogP contribution in [-0.2, 0) is 0 Å². The van der Waals surface area contributed by atoms with Crippen molar-refractivity contribution in [3.63, 3.8) is 0 Å². The highest BCUT2D eigenvalue weighted by molar-refractivity contribution is 7.16. The first-order valence-corrected chi connectivity index (χ1v) is 6.95. The molecule has 0 atom stereocenters. The first-order chi connectivity index (χ1) is 8.96. The molecule has 0 bridgehead atoms. The molecule has 3 nitrogen and oxygen atoms in total. The van der Waals surface area contributed by atoms with E-state index in [9.17, 15) is 4.79 Å². The van der Waals surface area contributed by atoms with Gasteiger partial charge in [-0.3, -0.25) is 4.79 Å². The predicted octanol–water partition coefficient (Wildman–Crippen LogP) is 3.08. The number of carbonyl (C=O) groups excluding carboxylic acids is 1. The van der Waals surface area contributed by atoms with Gasteiger partial charge >= 0.3 is 0 Å². The highest BCUT2D eigenvalue weighted by atomic mass is 32.1. The summed E-state index contributed by atoms with van der Waals surface area (Å²) in [5.74, 6) is 5.95. The van der Waals surface area contributed by atoms with E-state index in [0.717, 1.165) is 10.2 Å². The highest BCUT2D eigenvalue weighted by Gasteiger charge is 2.07. The molecule has 2 rings (SSSR count). The van der Waals surface area contributed by atoms with Gasteiger partial charge in [-0.2, -0.15) is 0 Å². The lowest BCUT2D eigenvalue weighted by Crippen LogP contribution is -2.23. The van der Waals surface area contributed by atoms with E-state index in [1.165, 1.54) is 11.3 Å². The van der Waals surface area contributed by atoms with Crippen LogP contribution in [0.15, 0.2) is 23.7 Å². The fraction of sp³-hybridized carbons (Fsp3) is 0.333. The van der Waals surface area contributed by atoms with E-state index in [-0.39, 0.29) is 11.3 Å². The maximum Gasteiger partial charge on any atom is 0.252 e. The molecule has 0 radical (unpaired) electrons. The van der Waals surface area contributed by atoms with Crippen molar-refractivity contribution < 1.29 is 4.79 Å². The zero-order valence-electron chi connectivity index (χ0n) is 11.3. The number of hydrogen-bond acceptors (Lipinski definition) is 3. The number of rotatable bonds is 2. The van der Waals surface area contributed by atoms with Crippen LogP contribution in [0.3, 0.4) is 0 Å². The summed E-state index contributed by atoms with van der Waals surface area (Å²) < 4.78 is 1.02. The third-order valence-electron chi connectivity index (χ3n) is 2.39. The van der Waals surface area contributed by atoms with Crippen LogP contribution < -0.4 is 5.32 Å². The molecule has 19 heavy (non-hydrogen) atoms. The van der Waals surface area contributed by atoms with Gasteiger partial charge in [0.25, 0.3) is 5.91 Å². The summed E-state index contributed by atoms with van der Waals surface area (Å²) in [6.45, 7) is 6.50. The summed E-state index contributed by atoms with van der Waals surface area (Å²) in [5, 5.41) is 2.80. The molecule has 1 heterocycles. The molecule has 0 aliphatic heterocycles. The Labute approximate surface area is 117 Å². The van der Waals surface area contributed by atoms with Crippen molar-refractivity contribution in [3.8, 4) is 11.8 Å². The molecule has 2 aromatic rings.